The molecular formula is C25H23ClN4O3. The minimum Gasteiger partial charge on any atom is -0.455 e. The molecule has 33 heavy (non-hydrogen) atoms. The van der Waals surface area contributed by atoms with Gasteiger partial charge in [-0.3, -0.25) is 14.5 Å². The zero-order valence-corrected chi connectivity index (χ0v) is 18.8. The van der Waals surface area contributed by atoms with Crippen LogP contribution in [0.3, 0.4) is 0 Å². The Bertz CT molecular complexity index is 1320. The van der Waals surface area contributed by atoms with Crippen LogP contribution in [0.4, 0.5) is 5.69 Å². The first-order chi connectivity index (χ1) is 16.0. The van der Waals surface area contributed by atoms with Crippen LogP contribution in [0, 0.1) is 0 Å². The molecular weight excluding hydrogens is 440 g/mol. The van der Waals surface area contributed by atoms with E-state index in [0.29, 0.717) is 52.0 Å². The van der Waals surface area contributed by atoms with Crippen LogP contribution < -0.4 is 15.6 Å². The third kappa shape index (κ3) is 5.77. The molecule has 1 aromatic heterocycles. The Balaban J connectivity index is 1.45. The number of aromatic amines is 1. The van der Waals surface area contributed by atoms with E-state index in [0.717, 1.165) is 0 Å². The van der Waals surface area contributed by atoms with Gasteiger partial charge in [-0.05, 0) is 49.0 Å². The van der Waals surface area contributed by atoms with E-state index in [1.54, 1.807) is 30.3 Å². The maximum Gasteiger partial charge on any atom is 0.258 e. The number of hydrogen-bond acceptors (Lipinski definition) is 5. The summed E-state index contributed by atoms with van der Waals surface area (Å²) in [6, 6.07) is 21.6. The van der Waals surface area contributed by atoms with E-state index < -0.39 is 0 Å². The molecule has 0 radical (unpaired) electrons. The minimum absolute atomic E-state index is 0.119. The Kier molecular flexibility index (Phi) is 7.02. The third-order valence-electron chi connectivity index (χ3n) is 5.04. The molecule has 0 unspecified atom stereocenters. The molecule has 0 saturated heterocycles. The summed E-state index contributed by atoms with van der Waals surface area (Å²) in [6.07, 6.45) is 0. The van der Waals surface area contributed by atoms with Crippen LogP contribution >= 0.6 is 11.6 Å². The number of fused-ring (bicyclic) bond motifs is 1. The number of amides is 1. The van der Waals surface area contributed by atoms with Gasteiger partial charge in [0.1, 0.15) is 11.6 Å². The Hall–Kier alpha value is -3.68. The van der Waals surface area contributed by atoms with Crippen molar-refractivity contribution in [3.8, 4) is 11.5 Å². The first-order valence-electron chi connectivity index (χ1n) is 10.5. The quantitative estimate of drug-likeness (QED) is 0.391. The van der Waals surface area contributed by atoms with Crippen molar-refractivity contribution in [2.45, 2.75) is 13.5 Å². The largest absolute Gasteiger partial charge is 0.455 e. The molecule has 0 spiro atoms. The SMILES string of the molecule is CCN(CC(=O)Nc1ccccc1Oc1ccccc1)Cc1nc2cc(Cl)ccc2c(=O)[nH]1. The van der Waals surface area contributed by atoms with Gasteiger partial charge in [0.2, 0.25) is 5.91 Å². The lowest BCUT2D eigenvalue weighted by molar-refractivity contribution is -0.117. The van der Waals surface area contributed by atoms with Gasteiger partial charge in [-0.2, -0.15) is 0 Å². The molecule has 8 heteroatoms. The third-order valence-corrected chi connectivity index (χ3v) is 5.27. The Morgan fingerprint density at radius 3 is 2.64 bits per heavy atom. The van der Waals surface area contributed by atoms with Crippen LogP contribution in [0.25, 0.3) is 10.9 Å². The minimum atomic E-state index is -0.237. The number of carbonyl (C=O) groups is 1. The van der Waals surface area contributed by atoms with Gasteiger partial charge in [-0.25, -0.2) is 4.98 Å². The number of nitrogens with zero attached hydrogens (tertiary/aromatic N) is 2. The zero-order chi connectivity index (χ0) is 23.2. The van der Waals surface area contributed by atoms with Gasteiger partial charge in [0.25, 0.3) is 5.56 Å². The molecule has 1 heterocycles. The zero-order valence-electron chi connectivity index (χ0n) is 18.0. The molecule has 0 aliphatic rings. The summed E-state index contributed by atoms with van der Waals surface area (Å²) in [5, 5.41) is 3.89. The van der Waals surface area contributed by atoms with E-state index in [1.807, 2.05) is 54.3 Å². The highest BCUT2D eigenvalue weighted by Gasteiger charge is 2.14. The molecule has 4 rings (SSSR count). The molecule has 4 aromatic rings. The second-order valence-corrected chi connectivity index (χ2v) is 7.87. The van der Waals surface area contributed by atoms with Crippen molar-refractivity contribution in [3.05, 3.63) is 94.0 Å². The summed E-state index contributed by atoms with van der Waals surface area (Å²) < 4.78 is 5.91. The van der Waals surface area contributed by atoms with Crippen molar-refractivity contribution in [2.24, 2.45) is 0 Å². The molecule has 1 amide bonds. The second kappa shape index (κ2) is 10.3. The van der Waals surface area contributed by atoms with Crippen LogP contribution in [-0.2, 0) is 11.3 Å². The summed E-state index contributed by atoms with van der Waals surface area (Å²) in [4.78, 5) is 34.3. The molecule has 0 aliphatic carbocycles. The standard InChI is InChI=1S/C25H23ClN4O3/c1-2-30(15-23-27-21-14-17(26)12-13-19(21)25(32)29-23)16-24(31)28-20-10-6-7-11-22(20)33-18-8-4-3-5-9-18/h3-14H,2,15-16H2,1H3,(H,28,31)(H,27,29,32). The van der Waals surface area contributed by atoms with E-state index in [-0.39, 0.29) is 18.0 Å². The predicted molar refractivity (Wildman–Crippen MR) is 130 cm³/mol. The lowest BCUT2D eigenvalue weighted by atomic mass is 10.2. The lowest BCUT2D eigenvalue weighted by Crippen LogP contribution is -2.34. The number of carbonyl (C=O) groups excluding carboxylic acids is 1. The number of likely N-dealkylation sites (N-methyl/N-ethyl adjacent to an activating group) is 1. The number of para-hydroxylation sites is 3. The maximum atomic E-state index is 12.8. The van der Waals surface area contributed by atoms with Gasteiger partial charge in [-0.15, -0.1) is 0 Å². The van der Waals surface area contributed by atoms with E-state index in [9.17, 15) is 9.59 Å². The van der Waals surface area contributed by atoms with Crippen LogP contribution in [0.2, 0.25) is 5.02 Å². The fraction of sp³-hybridized carbons (Fsp3) is 0.160. The number of anilines is 1. The summed E-state index contributed by atoms with van der Waals surface area (Å²) in [6.45, 7) is 2.96. The monoisotopic (exact) mass is 462 g/mol. The smallest absolute Gasteiger partial charge is 0.258 e. The van der Waals surface area contributed by atoms with Gasteiger partial charge in [0.15, 0.2) is 5.75 Å². The molecule has 0 atom stereocenters. The molecule has 2 N–H and O–H groups in total. The topological polar surface area (TPSA) is 87.3 Å². The number of hydrogen-bond donors (Lipinski definition) is 2. The number of ether oxygens (including phenoxy) is 1. The first-order valence-corrected chi connectivity index (χ1v) is 10.9. The fourth-order valence-corrected chi connectivity index (χ4v) is 3.56. The highest BCUT2D eigenvalue weighted by atomic mass is 35.5. The van der Waals surface area contributed by atoms with E-state index in [1.165, 1.54) is 0 Å². The second-order valence-electron chi connectivity index (χ2n) is 7.44. The molecule has 0 fully saturated rings. The summed E-state index contributed by atoms with van der Waals surface area (Å²) >= 11 is 6.04. The Morgan fingerprint density at radius 1 is 1.09 bits per heavy atom. The summed E-state index contributed by atoms with van der Waals surface area (Å²) in [7, 11) is 0. The molecule has 7 nitrogen and oxygen atoms in total. The van der Waals surface area contributed by atoms with Crippen molar-refractivity contribution < 1.29 is 9.53 Å². The van der Waals surface area contributed by atoms with Crippen molar-refractivity contribution in [3.63, 3.8) is 0 Å². The van der Waals surface area contributed by atoms with E-state index in [2.05, 4.69) is 15.3 Å². The average molecular weight is 463 g/mol. The van der Waals surface area contributed by atoms with Crippen molar-refractivity contribution in [1.29, 1.82) is 0 Å². The van der Waals surface area contributed by atoms with Gasteiger partial charge in [0, 0.05) is 5.02 Å². The molecule has 168 valence electrons. The van der Waals surface area contributed by atoms with Crippen molar-refractivity contribution in [1.82, 2.24) is 14.9 Å². The van der Waals surface area contributed by atoms with Crippen LogP contribution in [0.5, 0.6) is 11.5 Å². The normalized spacial score (nSPS) is 11.0. The van der Waals surface area contributed by atoms with Crippen LogP contribution in [0.1, 0.15) is 12.7 Å². The first kappa shape index (κ1) is 22.5. The van der Waals surface area contributed by atoms with Gasteiger partial charge in [-0.1, -0.05) is 48.9 Å². The Labute approximate surface area is 196 Å². The number of nitrogens with one attached hydrogen (secondary N) is 2. The maximum absolute atomic E-state index is 12.8. The lowest BCUT2D eigenvalue weighted by Gasteiger charge is -2.20. The van der Waals surface area contributed by atoms with Gasteiger partial charge in [0.05, 0.1) is 29.7 Å². The van der Waals surface area contributed by atoms with Gasteiger partial charge >= 0.3 is 0 Å². The number of rotatable bonds is 8. The van der Waals surface area contributed by atoms with Crippen molar-refractivity contribution in [2.75, 3.05) is 18.4 Å². The average Bonchev–Trinajstić information content (AvgIpc) is 2.80. The molecule has 0 bridgehead atoms. The highest BCUT2D eigenvalue weighted by molar-refractivity contribution is 6.31. The van der Waals surface area contributed by atoms with E-state index in [4.69, 9.17) is 16.3 Å². The number of aromatic nitrogens is 2. The molecule has 0 saturated carbocycles. The highest BCUT2D eigenvalue weighted by Crippen LogP contribution is 2.29. The van der Waals surface area contributed by atoms with Crippen LogP contribution in [-0.4, -0.2) is 33.9 Å². The van der Waals surface area contributed by atoms with E-state index >= 15 is 0 Å². The summed E-state index contributed by atoms with van der Waals surface area (Å²) in [5.74, 6) is 1.50. The fourth-order valence-electron chi connectivity index (χ4n) is 3.39. The van der Waals surface area contributed by atoms with Gasteiger partial charge < -0.3 is 15.0 Å². The van der Waals surface area contributed by atoms with Crippen LogP contribution in [0.15, 0.2) is 77.6 Å². The number of halogens is 1. The number of benzene rings is 3. The van der Waals surface area contributed by atoms with Crippen molar-refractivity contribution >= 4 is 34.1 Å². The Morgan fingerprint density at radius 2 is 1.85 bits per heavy atom. The summed E-state index contributed by atoms with van der Waals surface area (Å²) in [5.41, 5.74) is 0.863. The number of H-pyrrole nitrogens is 1. The molecule has 3 aromatic carbocycles. The molecule has 0 aliphatic heterocycles. The predicted octanol–water partition coefficient (Wildman–Crippen LogP) is 4.83.